The standard InChI is InChI=1S/C19H23N3O7S/c1-6-28-19(27)14-10(4)13(18(26)29-9(2)3)16(30-14)20-15(23)12-7-8-22(21-12)11(5)17(24)25/h7-9,11H,6H2,1-5H3,(H,20,23)(H,24,25). The third-order valence-electron chi connectivity index (χ3n) is 3.98. The molecule has 1 amide bonds. The highest BCUT2D eigenvalue weighted by atomic mass is 32.1. The third kappa shape index (κ3) is 5.03. The maximum absolute atomic E-state index is 12.6. The van der Waals surface area contributed by atoms with Crippen LogP contribution in [0.15, 0.2) is 12.3 Å². The summed E-state index contributed by atoms with van der Waals surface area (Å²) in [5.74, 6) is -3.06. The van der Waals surface area contributed by atoms with Crippen LogP contribution in [0.2, 0.25) is 0 Å². The number of ether oxygens (including phenoxy) is 2. The van der Waals surface area contributed by atoms with Gasteiger partial charge in [-0.25, -0.2) is 14.4 Å². The van der Waals surface area contributed by atoms with Crippen LogP contribution in [0.3, 0.4) is 0 Å². The topological polar surface area (TPSA) is 137 Å². The van der Waals surface area contributed by atoms with E-state index in [1.165, 1.54) is 19.2 Å². The van der Waals surface area contributed by atoms with E-state index in [4.69, 9.17) is 14.6 Å². The van der Waals surface area contributed by atoms with Gasteiger partial charge in [-0.2, -0.15) is 5.10 Å². The second-order valence-electron chi connectivity index (χ2n) is 6.58. The number of anilines is 1. The van der Waals surface area contributed by atoms with E-state index >= 15 is 0 Å². The van der Waals surface area contributed by atoms with Crippen molar-refractivity contribution in [1.29, 1.82) is 0 Å². The number of hydrogen-bond donors (Lipinski definition) is 2. The average Bonchev–Trinajstić information content (AvgIpc) is 3.25. The van der Waals surface area contributed by atoms with E-state index in [1.54, 1.807) is 27.7 Å². The van der Waals surface area contributed by atoms with Crippen molar-refractivity contribution in [2.24, 2.45) is 0 Å². The van der Waals surface area contributed by atoms with Crippen LogP contribution in [0.1, 0.15) is 69.8 Å². The smallest absolute Gasteiger partial charge is 0.348 e. The number of nitrogens with one attached hydrogen (secondary N) is 1. The molecular formula is C19H23N3O7S. The van der Waals surface area contributed by atoms with E-state index in [2.05, 4.69) is 10.4 Å². The minimum Gasteiger partial charge on any atom is -0.480 e. The molecule has 2 N–H and O–H groups in total. The van der Waals surface area contributed by atoms with Gasteiger partial charge < -0.3 is 19.9 Å². The van der Waals surface area contributed by atoms with Crippen LogP contribution in [-0.2, 0) is 14.3 Å². The zero-order valence-electron chi connectivity index (χ0n) is 17.2. The van der Waals surface area contributed by atoms with Gasteiger partial charge in [0.2, 0.25) is 0 Å². The second kappa shape index (κ2) is 9.53. The minimum absolute atomic E-state index is 0.0463. The molecule has 0 saturated carbocycles. The summed E-state index contributed by atoms with van der Waals surface area (Å²) in [4.78, 5) is 48.7. The maximum atomic E-state index is 12.6. The highest BCUT2D eigenvalue weighted by Gasteiger charge is 2.28. The molecule has 0 aliphatic heterocycles. The Kier molecular flexibility index (Phi) is 7.33. The lowest BCUT2D eigenvalue weighted by Gasteiger charge is -2.10. The number of amides is 1. The lowest BCUT2D eigenvalue weighted by atomic mass is 10.1. The molecule has 1 unspecified atom stereocenters. The van der Waals surface area contributed by atoms with E-state index in [9.17, 15) is 19.2 Å². The molecule has 0 saturated heterocycles. The Hall–Kier alpha value is -3.21. The van der Waals surface area contributed by atoms with Crippen LogP contribution in [-0.4, -0.2) is 51.4 Å². The molecule has 0 bridgehead atoms. The summed E-state index contributed by atoms with van der Waals surface area (Å²) in [5.41, 5.74) is 0.350. The quantitative estimate of drug-likeness (QED) is 0.602. The van der Waals surface area contributed by atoms with Crippen LogP contribution in [0.5, 0.6) is 0 Å². The molecule has 0 aromatic carbocycles. The van der Waals surface area contributed by atoms with Crippen LogP contribution in [0.4, 0.5) is 5.00 Å². The molecule has 30 heavy (non-hydrogen) atoms. The number of aromatic nitrogens is 2. The lowest BCUT2D eigenvalue weighted by molar-refractivity contribution is -0.140. The molecule has 2 aromatic rings. The van der Waals surface area contributed by atoms with Gasteiger partial charge in [-0.15, -0.1) is 11.3 Å². The Labute approximate surface area is 176 Å². The number of nitrogens with zero attached hydrogens (tertiary/aromatic N) is 2. The number of carboxylic acid groups (broad SMARTS) is 1. The molecule has 2 aromatic heterocycles. The first-order chi connectivity index (χ1) is 14.1. The predicted octanol–water partition coefficient (Wildman–Crippen LogP) is 2.89. The minimum atomic E-state index is -1.10. The third-order valence-corrected chi connectivity index (χ3v) is 5.16. The summed E-state index contributed by atoms with van der Waals surface area (Å²) < 4.78 is 11.4. The van der Waals surface area contributed by atoms with Crippen molar-refractivity contribution in [1.82, 2.24) is 9.78 Å². The fourth-order valence-corrected chi connectivity index (χ4v) is 3.55. The van der Waals surface area contributed by atoms with Crippen molar-refractivity contribution in [2.75, 3.05) is 11.9 Å². The Balaban J connectivity index is 2.38. The summed E-state index contributed by atoms with van der Waals surface area (Å²) in [6.07, 6.45) is 0.963. The van der Waals surface area contributed by atoms with Gasteiger partial charge in [0.1, 0.15) is 15.9 Å². The number of thiophene rings is 1. The molecule has 11 heteroatoms. The fourth-order valence-electron chi connectivity index (χ4n) is 2.47. The zero-order valence-corrected chi connectivity index (χ0v) is 18.0. The summed E-state index contributed by atoms with van der Waals surface area (Å²) in [6.45, 7) is 8.17. The first-order valence-corrected chi connectivity index (χ1v) is 9.99. The fraction of sp³-hybridized carbons (Fsp3) is 0.421. The van der Waals surface area contributed by atoms with Crippen molar-refractivity contribution in [3.63, 3.8) is 0 Å². The number of carbonyl (C=O) groups excluding carboxylic acids is 3. The summed E-state index contributed by atoms with van der Waals surface area (Å²) >= 11 is 0.895. The zero-order chi connectivity index (χ0) is 22.6. The Morgan fingerprint density at radius 1 is 1.23 bits per heavy atom. The first-order valence-electron chi connectivity index (χ1n) is 9.17. The van der Waals surface area contributed by atoms with Gasteiger partial charge in [-0.1, -0.05) is 0 Å². The first kappa shape index (κ1) is 23.1. The molecule has 2 rings (SSSR count). The normalized spacial score (nSPS) is 11.8. The number of esters is 2. The van der Waals surface area contributed by atoms with Crippen molar-refractivity contribution in [2.45, 2.75) is 46.8 Å². The van der Waals surface area contributed by atoms with E-state index < -0.39 is 36.0 Å². The van der Waals surface area contributed by atoms with Crippen molar-refractivity contribution in [3.05, 3.63) is 34.0 Å². The number of aliphatic carboxylic acids is 1. The second-order valence-corrected chi connectivity index (χ2v) is 7.60. The predicted molar refractivity (Wildman–Crippen MR) is 108 cm³/mol. The Bertz CT molecular complexity index is 977. The van der Waals surface area contributed by atoms with Gasteiger partial charge in [0.15, 0.2) is 5.69 Å². The summed E-state index contributed by atoms with van der Waals surface area (Å²) in [7, 11) is 0. The highest BCUT2D eigenvalue weighted by molar-refractivity contribution is 7.18. The number of hydrogen-bond acceptors (Lipinski definition) is 8. The van der Waals surface area contributed by atoms with Crippen LogP contribution in [0.25, 0.3) is 0 Å². The number of carboxylic acids is 1. The van der Waals surface area contributed by atoms with Gasteiger partial charge in [0.25, 0.3) is 5.91 Å². The van der Waals surface area contributed by atoms with Crippen molar-refractivity contribution >= 4 is 40.2 Å². The number of rotatable bonds is 8. The van der Waals surface area contributed by atoms with Gasteiger partial charge in [0.05, 0.1) is 18.3 Å². The molecule has 0 spiro atoms. The van der Waals surface area contributed by atoms with Gasteiger partial charge in [-0.05, 0) is 46.2 Å². The SMILES string of the molecule is CCOC(=O)c1sc(NC(=O)c2ccn(C(C)C(=O)O)n2)c(C(=O)OC(C)C)c1C. The van der Waals surface area contributed by atoms with E-state index in [0.717, 1.165) is 16.0 Å². The highest BCUT2D eigenvalue weighted by Crippen LogP contribution is 2.34. The lowest BCUT2D eigenvalue weighted by Crippen LogP contribution is -2.19. The maximum Gasteiger partial charge on any atom is 0.348 e. The summed E-state index contributed by atoms with van der Waals surface area (Å²) in [6, 6.07) is 0.399. The molecule has 0 fully saturated rings. The van der Waals surface area contributed by atoms with E-state index in [0.29, 0.717) is 5.56 Å². The molecule has 0 aliphatic rings. The van der Waals surface area contributed by atoms with E-state index in [-0.39, 0.29) is 27.7 Å². The molecule has 0 aliphatic carbocycles. The van der Waals surface area contributed by atoms with Gasteiger partial charge in [-0.3, -0.25) is 9.48 Å². The largest absolute Gasteiger partial charge is 0.480 e. The van der Waals surface area contributed by atoms with E-state index in [1.807, 2.05) is 0 Å². The average molecular weight is 437 g/mol. The van der Waals surface area contributed by atoms with Crippen LogP contribution in [0, 0.1) is 6.92 Å². The molecule has 2 heterocycles. The molecule has 0 radical (unpaired) electrons. The van der Waals surface area contributed by atoms with Gasteiger partial charge in [0, 0.05) is 6.20 Å². The number of carbonyl (C=O) groups is 4. The van der Waals surface area contributed by atoms with Crippen LogP contribution >= 0.6 is 11.3 Å². The van der Waals surface area contributed by atoms with Crippen molar-refractivity contribution < 1.29 is 33.8 Å². The Morgan fingerprint density at radius 3 is 2.47 bits per heavy atom. The summed E-state index contributed by atoms with van der Waals surface area (Å²) in [5, 5.41) is 15.7. The molecular weight excluding hydrogens is 414 g/mol. The monoisotopic (exact) mass is 437 g/mol. The Morgan fingerprint density at radius 2 is 1.90 bits per heavy atom. The van der Waals surface area contributed by atoms with Crippen LogP contribution < -0.4 is 5.32 Å². The molecule has 1 atom stereocenters. The molecule has 162 valence electrons. The van der Waals surface area contributed by atoms with Crippen molar-refractivity contribution in [3.8, 4) is 0 Å². The molecule has 10 nitrogen and oxygen atoms in total. The van der Waals surface area contributed by atoms with Gasteiger partial charge >= 0.3 is 17.9 Å².